The maximum Gasteiger partial charge on any atom is 0.412 e. The first-order valence-electron chi connectivity index (χ1n) is 21.3. The highest BCUT2D eigenvalue weighted by Gasteiger charge is 2.32. The maximum absolute atomic E-state index is 15.0. The molecule has 4 aromatic rings. The van der Waals surface area contributed by atoms with Crippen molar-refractivity contribution in [1.82, 2.24) is 34.8 Å². The highest BCUT2D eigenvalue weighted by Crippen LogP contribution is 2.26. The molecule has 62 heavy (non-hydrogen) atoms. The van der Waals surface area contributed by atoms with E-state index in [1.807, 2.05) is 26.0 Å². The molecule has 2 N–H and O–H groups in total. The Bertz CT molecular complexity index is 2300. The van der Waals surface area contributed by atoms with Gasteiger partial charge in [-0.2, -0.15) is 5.10 Å². The van der Waals surface area contributed by atoms with Crippen LogP contribution in [0.2, 0.25) is 0 Å². The Kier molecular flexibility index (Phi) is 15.5. The van der Waals surface area contributed by atoms with Crippen molar-refractivity contribution in [3.8, 4) is 0 Å². The Morgan fingerprint density at radius 3 is 2.11 bits per heavy atom. The van der Waals surface area contributed by atoms with Gasteiger partial charge in [0.25, 0.3) is 17.4 Å². The summed E-state index contributed by atoms with van der Waals surface area (Å²) in [5, 5.41) is 10.6. The van der Waals surface area contributed by atoms with Crippen LogP contribution in [-0.4, -0.2) is 135 Å². The van der Waals surface area contributed by atoms with Crippen molar-refractivity contribution in [3.05, 3.63) is 97.9 Å². The largest absolute Gasteiger partial charge is 0.444 e. The van der Waals surface area contributed by atoms with E-state index < -0.39 is 23.4 Å². The van der Waals surface area contributed by atoms with E-state index in [1.54, 1.807) is 65.8 Å². The minimum atomic E-state index is -0.698. The molecule has 0 bridgehead atoms. The summed E-state index contributed by atoms with van der Waals surface area (Å²) in [7, 11) is 0. The maximum atomic E-state index is 15.0. The number of aromatic nitrogens is 3. The smallest absolute Gasteiger partial charge is 0.412 e. The van der Waals surface area contributed by atoms with E-state index in [-0.39, 0.29) is 53.1 Å². The van der Waals surface area contributed by atoms with Gasteiger partial charge in [-0.1, -0.05) is 38.1 Å². The summed E-state index contributed by atoms with van der Waals surface area (Å²) < 4.78 is 27.5. The average molecular weight is 920 g/mol. The highest BCUT2D eigenvalue weighted by molar-refractivity contribution is 9.10. The zero-order valence-electron chi connectivity index (χ0n) is 36.0. The quantitative estimate of drug-likeness (QED) is 0.196. The first kappa shape index (κ1) is 46.2. The fourth-order valence-electron chi connectivity index (χ4n) is 7.91. The molecule has 0 atom stereocenters. The fraction of sp³-hybridized carbons (Fsp3) is 0.489. The first-order chi connectivity index (χ1) is 29.7. The fourth-order valence-corrected chi connectivity index (χ4v) is 8.24. The highest BCUT2D eigenvalue weighted by atomic mass is 79.9. The van der Waals surface area contributed by atoms with Gasteiger partial charge in [0.2, 0.25) is 5.91 Å². The number of halogens is 2. The van der Waals surface area contributed by atoms with Crippen LogP contribution in [0.25, 0.3) is 10.8 Å². The van der Waals surface area contributed by atoms with Crippen LogP contribution in [0, 0.1) is 5.82 Å². The van der Waals surface area contributed by atoms with Crippen molar-refractivity contribution in [2.24, 2.45) is 0 Å². The number of hydrogen-bond donors (Lipinski definition) is 2. The van der Waals surface area contributed by atoms with Crippen molar-refractivity contribution in [2.75, 3.05) is 64.2 Å². The van der Waals surface area contributed by atoms with E-state index in [1.165, 1.54) is 12.3 Å². The molecule has 0 spiro atoms. The monoisotopic (exact) mass is 918 g/mol. The van der Waals surface area contributed by atoms with E-state index in [9.17, 15) is 24.0 Å². The van der Waals surface area contributed by atoms with Gasteiger partial charge in [0.1, 0.15) is 11.4 Å². The molecule has 0 aliphatic carbocycles. The molecule has 3 aliphatic rings. The van der Waals surface area contributed by atoms with Crippen LogP contribution >= 0.6 is 15.9 Å². The second-order valence-electron chi connectivity index (χ2n) is 16.5. The number of nitrogens with zero attached hydrogens (tertiary/aromatic N) is 6. The van der Waals surface area contributed by atoms with E-state index in [4.69, 9.17) is 9.47 Å². The number of ether oxygens (including phenoxy) is 2. The molecule has 17 heteroatoms. The topological polar surface area (TPSA) is 170 Å². The van der Waals surface area contributed by atoms with E-state index >= 15 is 4.39 Å². The third-order valence-corrected chi connectivity index (χ3v) is 11.5. The Balaban J connectivity index is 0.00000316. The average Bonchev–Trinajstić information content (AvgIpc) is 3.26. The molecule has 4 amide bonds. The number of amides is 4. The summed E-state index contributed by atoms with van der Waals surface area (Å²) in [5.41, 5.74) is 0.696. The lowest BCUT2D eigenvalue weighted by Crippen LogP contribution is -2.53. The molecule has 0 unspecified atom stereocenters. The van der Waals surface area contributed by atoms with Crippen LogP contribution < -0.4 is 10.9 Å². The molecule has 7 rings (SSSR count). The van der Waals surface area contributed by atoms with Gasteiger partial charge in [-0.25, -0.2) is 19.3 Å². The van der Waals surface area contributed by atoms with Crippen LogP contribution in [0.5, 0.6) is 0 Å². The number of hydrogen-bond acceptors (Lipinski definition) is 10. The summed E-state index contributed by atoms with van der Waals surface area (Å²) in [6.45, 7) is 13.3. The number of fused-ring (bicyclic) bond motifs is 1. The molecule has 3 aliphatic heterocycles. The van der Waals surface area contributed by atoms with Crippen molar-refractivity contribution in [2.45, 2.75) is 84.5 Å². The van der Waals surface area contributed by atoms with Crippen LogP contribution in [0.1, 0.15) is 92.4 Å². The Hall–Kier alpha value is -5.26. The van der Waals surface area contributed by atoms with Gasteiger partial charge in [-0.3, -0.25) is 29.4 Å². The summed E-state index contributed by atoms with van der Waals surface area (Å²) in [5.74, 6) is -1.32. The Labute approximate surface area is 369 Å². The van der Waals surface area contributed by atoms with Gasteiger partial charge in [-0.05, 0) is 92.2 Å². The number of benzene rings is 2. The molecule has 332 valence electrons. The lowest BCUT2D eigenvalue weighted by molar-refractivity contribution is -0.135. The molecule has 0 radical (unpaired) electrons. The molecule has 2 aromatic carbocycles. The van der Waals surface area contributed by atoms with Gasteiger partial charge in [0.05, 0.1) is 41.1 Å². The number of piperidine rings is 2. The van der Waals surface area contributed by atoms with E-state index in [0.29, 0.717) is 85.0 Å². The summed E-state index contributed by atoms with van der Waals surface area (Å²) in [6, 6.07) is 13.2. The first-order valence-corrected chi connectivity index (χ1v) is 22.1. The number of piperazine rings is 1. The van der Waals surface area contributed by atoms with Gasteiger partial charge < -0.3 is 24.2 Å². The summed E-state index contributed by atoms with van der Waals surface area (Å²) in [6.07, 6.45) is 4.15. The molecular formula is C45H56BrFN8O7. The van der Waals surface area contributed by atoms with Gasteiger partial charge in [-0.15, -0.1) is 0 Å². The van der Waals surface area contributed by atoms with Gasteiger partial charge >= 0.3 is 6.09 Å². The van der Waals surface area contributed by atoms with E-state index in [2.05, 4.69) is 41.3 Å². The number of rotatable bonds is 9. The van der Waals surface area contributed by atoms with Crippen LogP contribution in [0.15, 0.2) is 64.0 Å². The Morgan fingerprint density at radius 1 is 0.839 bits per heavy atom. The van der Waals surface area contributed by atoms with Gasteiger partial charge in [0, 0.05) is 74.8 Å². The van der Waals surface area contributed by atoms with Crippen molar-refractivity contribution < 1.29 is 33.0 Å². The normalized spacial score (nSPS) is 16.7. The minimum Gasteiger partial charge on any atom is -0.444 e. The number of H-pyrrole nitrogens is 1. The zero-order valence-corrected chi connectivity index (χ0v) is 37.6. The Morgan fingerprint density at radius 2 is 1.45 bits per heavy atom. The van der Waals surface area contributed by atoms with Crippen LogP contribution in [-0.2, 0) is 20.7 Å². The summed E-state index contributed by atoms with van der Waals surface area (Å²) in [4.78, 5) is 76.5. The number of aromatic amines is 1. The summed E-state index contributed by atoms with van der Waals surface area (Å²) >= 11 is 3.36. The molecule has 5 heterocycles. The predicted octanol–water partition coefficient (Wildman–Crippen LogP) is 6.25. The lowest BCUT2D eigenvalue weighted by Gasteiger charge is -2.38. The SMILES string of the molecule is CC.CC(C)(C)OC(=O)Nc1cc(Br)cnc1C(=O)N1CCC(OC2CCN(CC(=O)N3CCN(C(=O)c4cc(Cc5n[nH]c(=O)c6ccccc56)ccc4F)CC3)CC2)CC1. The van der Waals surface area contributed by atoms with Gasteiger partial charge in [0.15, 0.2) is 5.69 Å². The standard InChI is InChI=1S/C43H50BrFN8O7.C2H6/c1-43(2,3)60-42(58)47-36-24-28(44)25-46-38(36)41(57)52-16-12-30(13-17-52)59-29-10-14-50(15-11-29)26-37(54)51-18-20-53(21-19-51)40(56)33-22-27(8-9-34(33)45)23-35-31-6-4-5-7-32(31)39(55)49-48-35;1-2/h4-9,22,24-25,29-30H,10-21,23,26H2,1-3H3,(H,47,58)(H,49,55);1-2H3. The molecule has 15 nitrogen and oxygen atoms in total. The lowest BCUT2D eigenvalue weighted by atomic mass is 10.0. The van der Waals surface area contributed by atoms with Crippen molar-refractivity contribution in [3.63, 3.8) is 0 Å². The number of anilines is 1. The number of likely N-dealkylation sites (tertiary alicyclic amines) is 2. The second kappa shape index (κ2) is 20.7. The molecule has 3 saturated heterocycles. The minimum absolute atomic E-state index is 0.00275. The molecule has 2 aromatic heterocycles. The zero-order chi connectivity index (χ0) is 44.6. The number of pyridine rings is 1. The second-order valence-corrected chi connectivity index (χ2v) is 17.4. The third kappa shape index (κ3) is 11.8. The molecule has 3 fully saturated rings. The van der Waals surface area contributed by atoms with Crippen LogP contribution in [0.4, 0.5) is 14.9 Å². The number of carbonyl (C=O) groups is 4. The predicted molar refractivity (Wildman–Crippen MR) is 237 cm³/mol. The number of nitrogens with one attached hydrogen (secondary N) is 2. The van der Waals surface area contributed by atoms with Crippen molar-refractivity contribution in [1.29, 1.82) is 0 Å². The van der Waals surface area contributed by atoms with E-state index in [0.717, 1.165) is 25.9 Å². The molecule has 0 saturated carbocycles. The van der Waals surface area contributed by atoms with Crippen molar-refractivity contribution >= 4 is 56.2 Å². The van der Waals surface area contributed by atoms with Crippen LogP contribution in [0.3, 0.4) is 0 Å². The third-order valence-electron chi connectivity index (χ3n) is 11.0. The molecular weight excluding hydrogens is 863 g/mol. The number of carbonyl (C=O) groups excluding carboxylic acids is 4.